The van der Waals surface area contributed by atoms with E-state index in [1.807, 2.05) is 6.92 Å². The second kappa shape index (κ2) is 5.40. The number of carboxylic acids is 1. The highest BCUT2D eigenvalue weighted by Crippen LogP contribution is 2.56. The molecule has 1 aliphatic heterocycles. The van der Waals surface area contributed by atoms with Crippen molar-refractivity contribution >= 4 is 5.97 Å². The van der Waals surface area contributed by atoms with Gasteiger partial charge in [0.05, 0.1) is 5.56 Å². The van der Waals surface area contributed by atoms with Gasteiger partial charge < -0.3 is 9.84 Å². The maximum absolute atomic E-state index is 13.9. The van der Waals surface area contributed by atoms with Gasteiger partial charge in [-0.15, -0.1) is 0 Å². The van der Waals surface area contributed by atoms with Crippen LogP contribution < -0.4 is 4.74 Å². The first-order valence-corrected chi connectivity index (χ1v) is 7.09. The highest BCUT2D eigenvalue weighted by molar-refractivity contribution is 5.96. The Labute approximate surface area is 126 Å². The van der Waals surface area contributed by atoms with E-state index in [0.717, 1.165) is 25.0 Å². The van der Waals surface area contributed by atoms with Crippen molar-refractivity contribution in [1.29, 1.82) is 0 Å². The number of hydrogen-bond acceptors (Lipinski definition) is 2. The molecule has 0 aromatic heterocycles. The maximum atomic E-state index is 13.9. The fraction of sp³-hybridized carbons (Fsp3) is 0.235. The van der Waals surface area contributed by atoms with Gasteiger partial charge >= 0.3 is 5.97 Å². The zero-order chi connectivity index (χ0) is 15.9. The first-order chi connectivity index (χ1) is 10.5. The summed E-state index contributed by atoms with van der Waals surface area (Å²) in [6, 6.07) is 4.61. The molecule has 2 aromatic rings. The molecule has 3 nitrogen and oxygen atoms in total. The third kappa shape index (κ3) is 2.43. The SMILES string of the molecule is CCCCc1c(C(=O)O)cc(-c2ccc(F)cc2F)c2c1O2. The minimum atomic E-state index is -1.08. The first kappa shape index (κ1) is 14.5. The quantitative estimate of drug-likeness (QED) is 0.690. The highest BCUT2D eigenvalue weighted by Gasteiger charge is 2.34. The molecule has 0 atom stereocenters. The Morgan fingerprint density at radius 3 is 2.59 bits per heavy atom. The Balaban J connectivity index is 2.12. The normalized spacial score (nSPS) is 11.8. The van der Waals surface area contributed by atoms with E-state index in [2.05, 4.69) is 0 Å². The molecule has 3 rings (SSSR count). The van der Waals surface area contributed by atoms with Crippen LogP contribution in [-0.2, 0) is 6.42 Å². The van der Waals surface area contributed by atoms with Crippen molar-refractivity contribution in [3.8, 4) is 22.6 Å². The van der Waals surface area contributed by atoms with Gasteiger partial charge in [0.25, 0.3) is 0 Å². The number of carbonyl (C=O) groups is 1. The second-order valence-electron chi connectivity index (χ2n) is 5.24. The zero-order valence-electron chi connectivity index (χ0n) is 12.0. The number of ether oxygens (including phenoxy) is 1. The molecule has 0 unspecified atom stereocenters. The third-order valence-corrected chi connectivity index (χ3v) is 3.73. The zero-order valence-corrected chi connectivity index (χ0v) is 12.0. The molecule has 0 spiro atoms. The number of rotatable bonds is 5. The third-order valence-electron chi connectivity index (χ3n) is 3.73. The minimum Gasteiger partial charge on any atom is -0.478 e. The molecule has 1 heterocycles. The van der Waals surface area contributed by atoms with Crippen molar-refractivity contribution in [1.82, 2.24) is 0 Å². The summed E-state index contributed by atoms with van der Waals surface area (Å²) in [5.41, 5.74) is 1.25. The number of aromatic carboxylic acids is 1. The van der Waals surface area contributed by atoms with Crippen LogP contribution >= 0.6 is 0 Å². The van der Waals surface area contributed by atoms with E-state index < -0.39 is 17.6 Å². The molecule has 0 saturated carbocycles. The van der Waals surface area contributed by atoms with Gasteiger partial charge in [0, 0.05) is 22.8 Å². The standard InChI is InChI=1S/C17H14F2O3/c1-2-3-4-11-13(17(20)21)8-12(16-15(11)22-16)10-6-5-9(18)7-14(10)19/h5-8H,2-4H2,1H3,(H,20,21). The molecule has 0 radical (unpaired) electrons. The highest BCUT2D eigenvalue weighted by atomic mass is 19.1. The lowest BCUT2D eigenvalue weighted by atomic mass is 9.96. The van der Waals surface area contributed by atoms with Crippen LogP contribution in [0.5, 0.6) is 11.5 Å². The Hall–Kier alpha value is -2.43. The Morgan fingerprint density at radius 1 is 1.18 bits per heavy atom. The van der Waals surface area contributed by atoms with Gasteiger partial charge in [-0.2, -0.15) is 0 Å². The van der Waals surface area contributed by atoms with Crippen LogP contribution in [0, 0.1) is 11.6 Å². The number of carboxylic acid groups (broad SMARTS) is 1. The molecular weight excluding hydrogens is 290 g/mol. The summed E-state index contributed by atoms with van der Waals surface area (Å²) in [5, 5.41) is 9.39. The Bertz CT molecular complexity index is 769. The fourth-order valence-corrected chi connectivity index (χ4v) is 2.57. The molecule has 0 bridgehead atoms. The topological polar surface area (TPSA) is 49.8 Å². The minimum absolute atomic E-state index is 0.114. The van der Waals surface area contributed by atoms with Gasteiger partial charge in [0.1, 0.15) is 11.6 Å². The average molecular weight is 304 g/mol. The van der Waals surface area contributed by atoms with Crippen molar-refractivity contribution in [2.24, 2.45) is 0 Å². The monoisotopic (exact) mass is 304 g/mol. The fourth-order valence-electron chi connectivity index (χ4n) is 2.57. The summed E-state index contributed by atoms with van der Waals surface area (Å²) in [6.45, 7) is 2.02. The van der Waals surface area contributed by atoms with Crippen LogP contribution in [0.1, 0.15) is 35.7 Å². The van der Waals surface area contributed by atoms with Gasteiger partial charge in [-0.3, -0.25) is 0 Å². The Morgan fingerprint density at radius 2 is 1.95 bits per heavy atom. The second-order valence-corrected chi connectivity index (χ2v) is 5.24. The molecule has 0 saturated heterocycles. The molecule has 1 aliphatic rings. The number of halogens is 2. The van der Waals surface area contributed by atoms with Crippen molar-refractivity contribution in [2.75, 3.05) is 0 Å². The number of benzene rings is 2. The van der Waals surface area contributed by atoms with E-state index in [1.54, 1.807) is 0 Å². The molecule has 0 fully saturated rings. The summed E-state index contributed by atoms with van der Waals surface area (Å²) < 4.78 is 32.4. The van der Waals surface area contributed by atoms with Crippen molar-refractivity contribution in [3.63, 3.8) is 0 Å². The molecule has 1 N–H and O–H groups in total. The van der Waals surface area contributed by atoms with E-state index >= 15 is 0 Å². The van der Waals surface area contributed by atoms with Crippen LogP contribution in [-0.4, -0.2) is 11.1 Å². The van der Waals surface area contributed by atoms with Crippen molar-refractivity contribution in [2.45, 2.75) is 26.2 Å². The van der Waals surface area contributed by atoms with Crippen LogP contribution in [0.15, 0.2) is 24.3 Å². The van der Waals surface area contributed by atoms with Crippen LogP contribution in [0.4, 0.5) is 8.78 Å². The summed E-state index contributed by atoms with van der Waals surface area (Å²) in [6.07, 6.45) is 2.38. The molecule has 2 aromatic carbocycles. The first-order valence-electron chi connectivity index (χ1n) is 7.09. The Kier molecular flexibility index (Phi) is 3.56. The largest absolute Gasteiger partial charge is 0.478 e. The lowest BCUT2D eigenvalue weighted by Crippen LogP contribution is -2.01. The lowest BCUT2D eigenvalue weighted by molar-refractivity contribution is 0.0695. The van der Waals surface area contributed by atoms with Gasteiger partial charge in [-0.1, -0.05) is 13.3 Å². The molecule has 0 aliphatic carbocycles. The molecular formula is C17H14F2O3. The molecule has 5 heteroatoms. The predicted molar refractivity (Wildman–Crippen MR) is 77.4 cm³/mol. The predicted octanol–water partition coefficient (Wildman–Crippen LogP) is 4.78. The average Bonchev–Trinajstić information content (AvgIpc) is 3.25. The summed E-state index contributed by atoms with van der Waals surface area (Å²) in [5.74, 6) is -1.49. The lowest BCUT2D eigenvalue weighted by Gasteiger charge is -2.06. The number of fused-ring (bicyclic) bond motifs is 1. The van der Waals surface area contributed by atoms with Gasteiger partial charge in [0.15, 0.2) is 11.5 Å². The maximum Gasteiger partial charge on any atom is 0.336 e. The van der Waals surface area contributed by atoms with E-state index in [4.69, 9.17) is 4.74 Å². The summed E-state index contributed by atoms with van der Waals surface area (Å²) >= 11 is 0. The van der Waals surface area contributed by atoms with Gasteiger partial charge in [-0.25, -0.2) is 13.6 Å². The van der Waals surface area contributed by atoms with Crippen molar-refractivity contribution < 1.29 is 23.4 Å². The van der Waals surface area contributed by atoms with Gasteiger partial charge in [-0.05, 0) is 31.0 Å². The van der Waals surface area contributed by atoms with Crippen LogP contribution in [0.2, 0.25) is 0 Å². The molecule has 22 heavy (non-hydrogen) atoms. The van der Waals surface area contributed by atoms with Crippen LogP contribution in [0.3, 0.4) is 0 Å². The van der Waals surface area contributed by atoms with Gasteiger partial charge in [0.2, 0.25) is 0 Å². The number of hydrogen-bond donors (Lipinski definition) is 1. The molecule has 0 amide bonds. The van der Waals surface area contributed by atoms with E-state index in [-0.39, 0.29) is 11.1 Å². The summed E-state index contributed by atoms with van der Waals surface area (Å²) in [4.78, 5) is 11.5. The number of unbranched alkanes of at least 4 members (excludes halogenated alkanes) is 1. The van der Waals surface area contributed by atoms with E-state index in [9.17, 15) is 18.7 Å². The molecule has 114 valence electrons. The summed E-state index contributed by atoms with van der Waals surface area (Å²) in [7, 11) is 0. The van der Waals surface area contributed by atoms with Crippen molar-refractivity contribution in [3.05, 3.63) is 47.0 Å². The van der Waals surface area contributed by atoms with E-state index in [0.29, 0.717) is 29.0 Å². The van der Waals surface area contributed by atoms with Crippen LogP contribution in [0.25, 0.3) is 11.1 Å². The van der Waals surface area contributed by atoms with E-state index in [1.165, 1.54) is 12.1 Å². The smallest absolute Gasteiger partial charge is 0.336 e.